The molecular formula is C18H13ClFN3O2. The molecule has 7 heteroatoms. The first-order valence-electron chi connectivity index (χ1n) is 7.40. The van der Waals surface area contributed by atoms with Crippen LogP contribution in [0.3, 0.4) is 0 Å². The van der Waals surface area contributed by atoms with Gasteiger partial charge in [-0.3, -0.25) is 14.6 Å². The number of nitrogens with one attached hydrogen (secondary N) is 1. The zero-order valence-electron chi connectivity index (χ0n) is 12.9. The van der Waals surface area contributed by atoms with Gasteiger partial charge in [-0.2, -0.15) is 0 Å². The first kappa shape index (κ1) is 16.9. The highest BCUT2D eigenvalue weighted by atomic mass is 35.5. The number of carbonyl (C=O) groups is 1. The monoisotopic (exact) mass is 357 g/mol. The lowest BCUT2D eigenvalue weighted by molar-refractivity contribution is 0.102. The number of hydrogen-bond donors (Lipinski definition) is 1. The van der Waals surface area contributed by atoms with Gasteiger partial charge in [-0.05, 0) is 36.4 Å². The Balaban J connectivity index is 1.90. The number of amides is 1. The van der Waals surface area contributed by atoms with Crippen LogP contribution in [-0.4, -0.2) is 15.5 Å². The normalized spacial score (nSPS) is 10.5. The molecule has 0 bridgehead atoms. The number of benzene rings is 1. The predicted molar refractivity (Wildman–Crippen MR) is 93.4 cm³/mol. The standard InChI is InChI=1S/C18H13ClFN3O2/c19-15-6-1-7-16(20)14(15)11-23-9-3-5-13(18(23)25)17(24)22-12-4-2-8-21-10-12/h1-10H,11H2,(H,22,24). The van der Waals surface area contributed by atoms with E-state index < -0.39 is 17.3 Å². The van der Waals surface area contributed by atoms with Gasteiger partial charge in [0.1, 0.15) is 11.4 Å². The Morgan fingerprint density at radius 2 is 2.04 bits per heavy atom. The van der Waals surface area contributed by atoms with Gasteiger partial charge in [0.2, 0.25) is 0 Å². The van der Waals surface area contributed by atoms with Crippen LogP contribution in [0.15, 0.2) is 65.8 Å². The number of hydrogen-bond acceptors (Lipinski definition) is 3. The summed E-state index contributed by atoms with van der Waals surface area (Å²) in [5.74, 6) is -1.07. The molecule has 25 heavy (non-hydrogen) atoms. The first-order chi connectivity index (χ1) is 12.1. The molecule has 2 heterocycles. The second kappa shape index (κ2) is 7.27. The Labute approximate surface area is 147 Å². The van der Waals surface area contributed by atoms with Gasteiger partial charge in [-0.25, -0.2) is 4.39 Å². The van der Waals surface area contributed by atoms with Gasteiger partial charge in [0.25, 0.3) is 11.5 Å². The van der Waals surface area contributed by atoms with Crippen molar-refractivity contribution in [2.75, 3.05) is 5.32 Å². The van der Waals surface area contributed by atoms with E-state index in [1.165, 1.54) is 35.2 Å². The summed E-state index contributed by atoms with van der Waals surface area (Å²) in [5, 5.41) is 2.82. The molecule has 1 amide bonds. The van der Waals surface area contributed by atoms with Crippen LogP contribution in [0.4, 0.5) is 10.1 Å². The van der Waals surface area contributed by atoms with Crippen LogP contribution in [-0.2, 0) is 6.54 Å². The molecule has 1 N–H and O–H groups in total. The van der Waals surface area contributed by atoms with Crippen molar-refractivity contribution in [3.8, 4) is 0 Å². The number of anilines is 1. The van der Waals surface area contributed by atoms with Crippen molar-refractivity contribution in [1.29, 1.82) is 0 Å². The van der Waals surface area contributed by atoms with Gasteiger partial charge in [-0.15, -0.1) is 0 Å². The Morgan fingerprint density at radius 1 is 1.20 bits per heavy atom. The maximum Gasteiger partial charge on any atom is 0.263 e. The lowest BCUT2D eigenvalue weighted by atomic mass is 10.2. The summed E-state index contributed by atoms with van der Waals surface area (Å²) in [4.78, 5) is 28.8. The maximum atomic E-state index is 13.9. The Morgan fingerprint density at radius 3 is 2.76 bits per heavy atom. The summed E-state index contributed by atoms with van der Waals surface area (Å²) in [6.45, 7) is -0.0711. The van der Waals surface area contributed by atoms with Crippen LogP contribution in [0.5, 0.6) is 0 Å². The highest BCUT2D eigenvalue weighted by Gasteiger charge is 2.14. The number of carbonyl (C=O) groups excluding carboxylic acids is 1. The van der Waals surface area contributed by atoms with E-state index in [1.807, 2.05) is 0 Å². The van der Waals surface area contributed by atoms with Crippen molar-refractivity contribution < 1.29 is 9.18 Å². The molecule has 0 aliphatic heterocycles. The predicted octanol–water partition coefficient (Wildman–Crippen LogP) is 3.34. The van der Waals surface area contributed by atoms with Crippen LogP contribution < -0.4 is 10.9 Å². The average Bonchev–Trinajstić information content (AvgIpc) is 2.60. The summed E-state index contributed by atoms with van der Waals surface area (Å²) in [7, 11) is 0. The second-order valence-electron chi connectivity index (χ2n) is 5.25. The van der Waals surface area contributed by atoms with Crippen molar-refractivity contribution in [3.63, 3.8) is 0 Å². The van der Waals surface area contributed by atoms with Crippen molar-refractivity contribution >= 4 is 23.2 Å². The smallest absolute Gasteiger partial charge is 0.263 e. The summed E-state index contributed by atoms with van der Waals surface area (Å²) in [5.41, 5.74) is 0.0672. The fraction of sp³-hybridized carbons (Fsp3) is 0.0556. The SMILES string of the molecule is O=C(Nc1cccnc1)c1cccn(Cc2c(F)cccc2Cl)c1=O. The lowest BCUT2D eigenvalue weighted by Gasteiger charge is -2.10. The molecule has 0 atom stereocenters. The summed E-state index contributed by atoms with van der Waals surface area (Å²) < 4.78 is 15.2. The molecule has 3 aromatic rings. The van der Waals surface area contributed by atoms with Gasteiger partial charge in [-0.1, -0.05) is 17.7 Å². The quantitative estimate of drug-likeness (QED) is 0.779. The lowest BCUT2D eigenvalue weighted by Crippen LogP contribution is -2.29. The van der Waals surface area contributed by atoms with E-state index in [0.717, 1.165) is 0 Å². The van der Waals surface area contributed by atoms with Gasteiger partial charge in [0, 0.05) is 23.0 Å². The van der Waals surface area contributed by atoms with E-state index in [4.69, 9.17) is 11.6 Å². The second-order valence-corrected chi connectivity index (χ2v) is 5.66. The molecule has 0 fully saturated rings. The third kappa shape index (κ3) is 3.75. The van der Waals surface area contributed by atoms with Crippen molar-refractivity contribution in [2.45, 2.75) is 6.54 Å². The highest BCUT2D eigenvalue weighted by Crippen LogP contribution is 2.19. The minimum Gasteiger partial charge on any atom is -0.320 e. The fourth-order valence-corrected chi connectivity index (χ4v) is 2.55. The minimum atomic E-state index is -0.563. The van der Waals surface area contributed by atoms with Crippen LogP contribution in [0.1, 0.15) is 15.9 Å². The van der Waals surface area contributed by atoms with E-state index in [0.29, 0.717) is 5.69 Å². The Kier molecular flexibility index (Phi) is 4.90. The molecule has 5 nitrogen and oxygen atoms in total. The molecule has 0 saturated carbocycles. The highest BCUT2D eigenvalue weighted by molar-refractivity contribution is 6.31. The van der Waals surface area contributed by atoms with Gasteiger partial charge in [0.05, 0.1) is 18.4 Å². The molecule has 0 unspecified atom stereocenters. The maximum absolute atomic E-state index is 13.9. The Hall–Kier alpha value is -2.99. The third-order valence-corrected chi connectivity index (χ3v) is 3.93. The topological polar surface area (TPSA) is 64.0 Å². The van der Waals surface area contributed by atoms with Crippen LogP contribution in [0.2, 0.25) is 5.02 Å². The molecule has 3 rings (SSSR count). The van der Waals surface area contributed by atoms with E-state index >= 15 is 0 Å². The minimum absolute atomic E-state index is 0.0567. The van der Waals surface area contributed by atoms with E-state index in [1.54, 1.807) is 30.5 Å². The fourth-order valence-electron chi connectivity index (χ4n) is 2.32. The Bertz CT molecular complexity index is 953. The van der Waals surface area contributed by atoms with Crippen molar-refractivity contribution in [1.82, 2.24) is 9.55 Å². The molecule has 0 aliphatic rings. The number of rotatable bonds is 4. The summed E-state index contributed by atoms with van der Waals surface area (Å²) >= 11 is 6.00. The average molecular weight is 358 g/mol. The molecule has 2 aromatic heterocycles. The number of halogens is 2. The third-order valence-electron chi connectivity index (χ3n) is 3.57. The van der Waals surface area contributed by atoms with Gasteiger partial charge < -0.3 is 9.88 Å². The van der Waals surface area contributed by atoms with E-state index in [2.05, 4.69) is 10.3 Å². The molecule has 0 saturated heterocycles. The number of nitrogens with zero attached hydrogens (tertiary/aromatic N) is 2. The molecule has 0 spiro atoms. The molecule has 0 radical (unpaired) electrons. The largest absolute Gasteiger partial charge is 0.320 e. The van der Waals surface area contributed by atoms with Crippen molar-refractivity contribution in [3.05, 3.63) is 93.4 Å². The molecule has 0 aliphatic carbocycles. The number of pyridine rings is 2. The van der Waals surface area contributed by atoms with Crippen LogP contribution in [0.25, 0.3) is 0 Å². The van der Waals surface area contributed by atoms with Crippen LogP contribution >= 0.6 is 11.6 Å². The number of aromatic nitrogens is 2. The molecule has 126 valence electrons. The summed E-state index contributed by atoms with van der Waals surface area (Å²) in [6.07, 6.45) is 4.52. The zero-order chi connectivity index (χ0) is 17.8. The van der Waals surface area contributed by atoms with E-state index in [9.17, 15) is 14.0 Å². The molecular weight excluding hydrogens is 345 g/mol. The van der Waals surface area contributed by atoms with Crippen LogP contribution in [0, 0.1) is 5.82 Å². The summed E-state index contributed by atoms with van der Waals surface area (Å²) in [6, 6.07) is 10.6. The molecule has 1 aromatic carbocycles. The van der Waals surface area contributed by atoms with Crippen molar-refractivity contribution in [2.24, 2.45) is 0 Å². The zero-order valence-corrected chi connectivity index (χ0v) is 13.7. The van der Waals surface area contributed by atoms with Gasteiger partial charge >= 0.3 is 0 Å². The van der Waals surface area contributed by atoms with Gasteiger partial charge in [0.15, 0.2) is 0 Å². The van der Waals surface area contributed by atoms with E-state index in [-0.39, 0.29) is 22.7 Å². The first-order valence-corrected chi connectivity index (χ1v) is 7.78.